The quantitative estimate of drug-likeness (QED) is 0.0408. The number of aliphatic hydroxyl groups excluding tert-OH is 2. The average Bonchev–Trinajstić information content (AvgIpc) is 1.68. The molecule has 4 heterocycles. The summed E-state index contributed by atoms with van der Waals surface area (Å²) in [6.45, 7) is 8.43. The molecule has 1 atom stereocenters. The van der Waals surface area contributed by atoms with Gasteiger partial charge in [0, 0.05) is 111 Å². The van der Waals surface area contributed by atoms with E-state index in [-0.39, 0.29) is 47.9 Å². The highest BCUT2D eigenvalue weighted by Gasteiger charge is 2.18. The molecule has 0 radical (unpaired) electrons. The lowest BCUT2D eigenvalue weighted by Gasteiger charge is -2.14. The molecule has 0 amide bonds. The van der Waals surface area contributed by atoms with Crippen LogP contribution in [0.3, 0.4) is 0 Å². The number of aryl methyl sites for hydroxylation is 4. The molecule has 4 aromatic heterocycles. The van der Waals surface area contributed by atoms with Crippen molar-refractivity contribution >= 4 is 82.4 Å². The SMILES string of the molecule is CCCc1ccc(-c2ccc(F)cc2)n1-c1ccc(S(C)(=O)=O)cc1.CCc1ccc(-c2ccc(F)cc2)n1-c1ccc(S(C)(=O)=O)cc1.CCc1ccc(-c2ccc(F)cc2)n1-c1ccc(S(C)=O)cc1.CCc1ccc(-c2ccc(F)cc2)n1-c1ccc(SC)cc1.CO.CO.CS(=O)(=O)c1ccc(N)cc1.O=C=O.O=C=O.O=C=O.O=C=O. The molecule has 0 aliphatic carbocycles. The Hall–Kier alpha value is -12.6. The van der Waals surface area contributed by atoms with E-state index in [1.807, 2.05) is 66.7 Å². The molecule has 1 unspecified atom stereocenters. The minimum Gasteiger partial charge on any atom is -0.400 e. The molecular weight excluding hydrogens is 1660 g/mol. The van der Waals surface area contributed by atoms with E-state index in [2.05, 4.69) is 107 Å². The molecule has 0 aliphatic rings. The van der Waals surface area contributed by atoms with E-state index in [9.17, 15) is 47.0 Å². The second-order valence-electron chi connectivity index (χ2n) is 24.9. The lowest BCUT2D eigenvalue weighted by atomic mass is 10.1. The third-order valence-electron chi connectivity index (χ3n) is 17.1. The van der Waals surface area contributed by atoms with E-state index in [1.54, 1.807) is 103 Å². The minimum absolute atomic E-state index is 0.207. The Morgan fingerprint density at radius 1 is 0.339 bits per heavy atom. The van der Waals surface area contributed by atoms with Gasteiger partial charge >= 0.3 is 24.6 Å². The molecule has 0 saturated carbocycles. The third-order valence-corrected chi connectivity index (χ3v) is 22.2. The summed E-state index contributed by atoms with van der Waals surface area (Å²) in [6.07, 6.45) is 12.9. The van der Waals surface area contributed by atoms with Crippen LogP contribution in [0.4, 0.5) is 23.2 Å². The minimum atomic E-state index is -3.23. The van der Waals surface area contributed by atoms with Gasteiger partial charge in [0.2, 0.25) is 0 Å². The molecule has 13 aromatic rings. The van der Waals surface area contributed by atoms with E-state index < -0.39 is 40.3 Å². The van der Waals surface area contributed by atoms with Crippen molar-refractivity contribution in [2.75, 3.05) is 51.2 Å². The average molecular weight is 1750 g/mol. The van der Waals surface area contributed by atoms with Gasteiger partial charge in [0.05, 0.1) is 37.5 Å². The Morgan fingerprint density at radius 2 is 0.554 bits per heavy atom. The topological polar surface area (TPSA) is 342 Å². The van der Waals surface area contributed by atoms with Crippen LogP contribution in [0.25, 0.3) is 67.8 Å². The second-order valence-corrected chi connectivity index (χ2v) is 33.2. The van der Waals surface area contributed by atoms with Crippen LogP contribution in [0, 0.1) is 23.3 Å². The van der Waals surface area contributed by atoms with Crippen LogP contribution in [0.5, 0.6) is 0 Å². The Balaban J connectivity index is 0.000000379. The zero-order valence-electron chi connectivity index (χ0n) is 67.9. The predicted octanol–water partition coefficient (Wildman–Crippen LogP) is 16.6. The summed E-state index contributed by atoms with van der Waals surface area (Å²) in [4.78, 5) is 67.9. The number of anilines is 1. The van der Waals surface area contributed by atoms with E-state index in [1.165, 1.54) is 95.7 Å². The Kier molecular flexibility index (Phi) is 44.4. The summed E-state index contributed by atoms with van der Waals surface area (Å²) in [5.74, 6) is -0.988. The maximum Gasteiger partial charge on any atom is 0.373 e. The molecule has 13 rings (SSSR count). The number of thioether (sulfide) groups is 1. The van der Waals surface area contributed by atoms with Crippen molar-refractivity contribution in [3.8, 4) is 67.8 Å². The number of nitrogen functional groups attached to an aromatic ring is 1. The van der Waals surface area contributed by atoms with Crippen molar-refractivity contribution in [2.45, 2.75) is 84.3 Å². The summed E-state index contributed by atoms with van der Waals surface area (Å²) >= 11 is 1.74. The fraction of sp³-hybridized carbons (Fsp3) is 0.178. The largest absolute Gasteiger partial charge is 0.400 e. The maximum absolute atomic E-state index is 13.2. The molecule has 9 aromatic carbocycles. The van der Waals surface area contributed by atoms with Crippen LogP contribution in [-0.4, -0.2) is 128 Å². The molecule has 121 heavy (non-hydrogen) atoms. The number of rotatable bonds is 18. The van der Waals surface area contributed by atoms with Crippen molar-refractivity contribution < 1.29 is 95.6 Å². The van der Waals surface area contributed by atoms with Gasteiger partial charge in [-0.2, -0.15) is 38.4 Å². The summed E-state index contributed by atoms with van der Waals surface area (Å²) in [5, 5.41) is 14.0. The van der Waals surface area contributed by atoms with Gasteiger partial charge in [-0.1, -0.05) is 34.1 Å². The van der Waals surface area contributed by atoms with Gasteiger partial charge in [-0.25, -0.2) is 42.8 Å². The first kappa shape index (κ1) is 103. The number of benzene rings is 9. The van der Waals surface area contributed by atoms with E-state index in [0.29, 0.717) is 20.4 Å². The summed E-state index contributed by atoms with van der Waals surface area (Å²) in [5.41, 5.74) is 22.3. The number of sulfone groups is 3. The predicted molar refractivity (Wildman–Crippen MR) is 457 cm³/mol. The fourth-order valence-electron chi connectivity index (χ4n) is 11.7. The van der Waals surface area contributed by atoms with Crippen LogP contribution in [0.15, 0.2) is 291 Å². The van der Waals surface area contributed by atoms with Gasteiger partial charge in [-0.15, -0.1) is 11.8 Å². The number of nitrogens with zero attached hydrogens (tertiary/aromatic N) is 4. The van der Waals surface area contributed by atoms with E-state index in [0.717, 1.165) is 130 Å². The Labute approximate surface area is 707 Å². The van der Waals surface area contributed by atoms with Crippen LogP contribution in [-0.2, 0) is 104 Å². The summed E-state index contributed by atoms with van der Waals surface area (Å²) in [7, 11) is -8.51. The first-order valence-electron chi connectivity index (χ1n) is 36.3. The first-order chi connectivity index (χ1) is 57.8. The van der Waals surface area contributed by atoms with Crippen molar-refractivity contribution in [1.82, 2.24) is 18.3 Å². The third kappa shape index (κ3) is 31.6. The van der Waals surface area contributed by atoms with Crippen LogP contribution in [0.1, 0.15) is 56.9 Å². The molecule has 0 saturated heterocycles. The number of aromatic nitrogens is 4. The highest BCUT2D eigenvalue weighted by Crippen LogP contribution is 2.34. The molecule has 636 valence electrons. The standard InChI is InChI=1S/C20H20FNO2S.C19H18FNO2S.C19H18FNOS.C19H18FNS.C7H9NO2S.4CO2.2CH4O/c1-3-4-17-11-14-20(15-5-7-16(21)8-6-15)22(17)18-9-12-19(13-10-18)25(2,23)24;1-3-16-10-13-19(14-4-6-15(20)7-5-14)21(16)17-8-11-18(12-9-17)24(2,22)23;1-3-16-10-13-19(14-4-6-15(20)7-5-14)21(16)17-8-11-18(12-9-17)23(2)22;1-3-16-10-13-19(14-4-6-15(20)7-5-14)21(16)17-8-11-18(22-2)12-9-17;1-11(9,10)7-4-2-6(8)3-5-7;4*2-1-3;2*1-2/h5-14H,3-4H2,1-2H3;4-13H,3H2,1-2H3;4-13H,3H2,1-2H3;4-13H,3H2,1-2H3;2-5H,8H2,1H3;;;;;2*2H,1H3. The zero-order chi connectivity index (χ0) is 90.6. The molecule has 0 fully saturated rings. The smallest absolute Gasteiger partial charge is 0.373 e. The number of hydrogen-bond acceptors (Lipinski definition) is 19. The van der Waals surface area contributed by atoms with Gasteiger partial charge < -0.3 is 34.2 Å². The van der Waals surface area contributed by atoms with Crippen molar-refractivity contribution in [1.29, 1.82) is 0 Å². The van der Waals surface area contributed by atoms with Crippen molar-refractivity contribution in [3.05, 3.63) is 313 Å². The lowest BCUT2D eigenvalue weighted by Crippen LogP contribution is -2.03. The lowest BCUT2D eigenvalue weighted by molar-refractivity contribution is -0.193. The normalized spacial score (nSPS) is 10.4. The van der Waals surface area contributed by atoms with Gasteiger partial charge in [0.1, 0.15) is 23.3 Å². The Bertz CT molecular complexity index is 5840. The molecule has 22 nitrogen and oxygen atoms in total. The molecule has 0 aliphatic heterocycles. The number of nitrogens with two attached hydrogens (primary N) is 1. The van der Waals surface area contributed by atoms with Crippen LogP contribution >= 0.6 is 11.8 Å². The monoisotopic (exact) mass is 1750 g/mol. The van der Waals surface area contributed by atoms with Gasteiger partial charge in [-0.3, -0.25) is 4.21 Å². The first-order valence-corrected chi connectivity index (χ1v) is 44.7. The highest BCUT2D eigenvalue weighted by atomic mass is 32.2. The number of aliphatic hydroxyl groups is 2. The van der Waals surface area contributed by atoms with Gasteiger partial charge in [0.25, 0.3) is 0 Å². The van der Waals surface area contributed by atoms with E-state index in [4.69, 9.17) is 54.3 Å². The number of halogens is 4. The van der Waals surface area contributed by atoms with Crippen LogP contribution < -0.4 is 5.73 Å². The maximum atomic E-state index is 13.2. The molecule has 31 heteroatoms. The van der Waals surface area contributed by atoms with Gasteiger partial charge in [0.15, 0.2) is 29.5 Å². The number of hydrogen-bond donors (Lipinski definition) is 3. The van der Waals surface area contributed by atoms with Gasteiger partial charge in [-0.05, 0) is 321 Å². The second kappa shape index (κ2) is 52.4. The van der Waals surface area contributed by atoms with Crippen LogP contribution in [0.2, 0.25) is 0 Å². The molecule has 0 bridgehead atoms. The van der Waals surface area contributed by atoms with Crippen molar-refractivity contribution in [3.63, 3.8) is 0 Å². The summed E-state index contributed by atoms with van der Waals surface area (Å²) < 4.78 is 141. The van der Waals surface area contributed by atoms with E-state index >= 15 is 0 Å². The number of carbonyl (C=O) groups excluding carboxylic acids is 8. The Morgan fingerprint density at radius 3 is 0.769 bits per heavy atom. The zero-order valence-corrected chi connectivity index (χ0v) is 72.0. The molecular formula is C90H91F4N5O17S5. The highest BCUT2D eigenvalue weighted by molar-refractivity contribution is 7.98. The molecule has 4 N–H and O–H groups in total. The van der Waals surface area contributed by atoms with Crippen molar-refractivity contribution in [2.24, 2.45) is 0 Å². The molecule has 0 spiro atoms. The fourth-order valence-corrected chi connectivity index (χ4v) is 14.5. The summed E-state index contributed by atoms with van der Waals surface area (Å²) in [6, 6.07) is 78.5.